The van der Waals surface area contributed by atoms with Crippen LogP contribution in [0.5, 0.6) is 0 Å². The summed E-state index contributed by atoms with van der Waals surface area (Å²) >= 11 is 0. The van der Waals surface area contributed by atoms with Crippen LogP contribution in [0.2, 0.25) is 0 Å². The number of piperazine rings is 1. The van der Waals surface area contributed by atoms with Gasteiger partial charge >= 0.3 is 0 Å². The van der Waals surface area contributed by atoms with E-state index in [2.05, 4.69) is 5.32 Å². The molecule has 1 aliphatic heterocycles. The second kappa shape index (κ2) is 6.89. The van der Waals surface area contributed by atoms with Gasteiger partial charge in [0, 0.05) is 7.11 Å². The maximum absolute atomic E-state index is 12.5. The summed E-state index contributed by atoms with van der Waals surface area (Å²) in [6.45, 7) is 8.40. The third kappa shape index (κ3) is 3.69. The second-order valence-corrected chi connectivity index (χ2v) is 5.66. The number of nitrogens with zero attached hydrogens (tertiary/aromatic N) is 1. The van der Waals surface area contributed by atoms with Crippen LogP contribution < -0.4 is 5.32 Å². The van der Waals surface area contributed by atoms with Gasteiger partial charge in [-0.25, -0.2) is 0 Å². The summed E-state index contributed by atoms with van der Waals surface area (Å²) in [7, 11) is 1.61. The first kappa shape index (κ1) is 16.0. The standard InChI is InChI=1S/C14H26N2O3/c1-6-12-13(17)15-11(7-9(2)3)14(18)16(12)10(4)8-19-5/h9-12H,6-8H2,1-5H3,(H,15,17). The van der Waals surface area contributed by atoms with E-state index in [9.17, 15) is 9.59 Å². The highest BCUT2D eigenvalue weighted by Crippen LogP contribution is 2.20. The molecule has 0 aromatic carbocycles. The Bertz CT molecular complexity index is 331. The van der Waals surface area contributed by atoms with Crippen LogP contribution in [0.25, 0.3) is 0 Å². The van der Waals surface area contributed by atoms with Crippen molar-refractivity contribution in [3.05, 3.63) is 0 Å². The lowest BCUT2D eigenvalue weighted by molar-refractivity contribution is -0.153. The fourth-order valence-electron chi connectivity index (χ4n) is 2.65. The summed E-state index contributed by atoms with van der Waals surface area (Å²) in [5, 5.41) is 2.85. The van der Waals surface area contributed by atoms with Gasteiger partial charge in [-0.3, -0.25) is 9.59 Å². The van der Waals surface area contributed by atoms with E-state index >= 15 is 0 Å². The van der Waals surface area contributed by atoms with Crippen molar-refractivity contribution in [1.29, 1.82) is 0 Å². The van der Waals surface area contributed by atoms with Crippen molar-refractivity contribution in [2.75, 3.05) is 13.7 Å². The molecule has 0 bridgehead atoms. The third-order valence-electron chi connectivity index (χ3n) is 3.48. The van der Waals surface area contributed by atoms with Crippen LogP contribution in [-0.2, 0) is 14.3 Å². The summed E-state index contributed by atoms with van der Waals surface area (Å²) in [6.07, 6.45) is 1.30. The summed E-state index contributed by atoms with van der Waals surface area (Å²) < 4.78 is 5.12. The molecule has 0 radical (unpaired) electrons. The highest BCUT2D eigenvalue weighted by atomic mass is 16.5. The molecule has 0 aromatic heterocycles. The maximum atomic E-state index is 12.5. The lowest BCUT2D eigenvalue weighted by Gasteiger charge is -2.42. The highest BCUT2D eigenvalue weighted by Gasteiger charge is 2.41. The average molecular weight is 270 g/mol. The quantitative estimate of drug-likeness (QED) is 0.788. The molecule has 0 spiro atoms. The number of carbonyl (C=O) groups is 2. The molecule has 1 saturated heterocycles. The molecule has 0 saturated carbocycles. The van der Waals surface area contributed by atoms with E-state index in [1.54, 1.807) is 12.0 Å². The molecule has 1 heterocycles. The molecule has 1 N–H and O–H groups in total. The topological polar surface area (TPSA) is 58.6 Å². The Balaban J connectivity index is 2.92. The van der Waals surface area contributed by atoms with Gasteiger partial charge in [0.2, 0.25) is 11.8 Å². The summed E-state index contributed by atoms with van der Waals surface area (Å²) in [5.41, 5.74) is 0. The zero-order valence-electron chi connectivity index (χ0n) is 12.6. The third-order valence-corrected chi connectivity index (χ3v) is 3.48. The molecule has 3 atom stereocenters. The Labute approximate surface area is 115 Å². The van der Waals surface area contributed by atoms with Gasteiger partial charge in [0.05, 0.1) is 12.6 Å². The van der Waals surface area contributed by atoms with Crippen LogP contribution in [-0.4, -0.2) is 48.6 Å². The molecule has 1 aliphatic rings. The van der Waals surface area contributed by atoms with Crippen molar-refractivity contribution in [1.82, 2.24) is 10.2 Å². The Hall–Kier alpha value is -1.10. The number of rotatable bonds is 6. The average Bonchev–Trinajstić information content (AvgIpc) is 2.32. The van der Waals surface area contributed by atoms with Gasteiger partial charge in [0.25, 0.3) is 0 Å². The van der Waals surface area contributed by atoms with E-state index < -0.39 is 6.04 Å². The molecular formula is C14H26N2O3. The van der Waals surface area contributed by atoms with Crippen molar-refractivity contribution in [3.63, 3.8) is 0 Å². The van der Waals surface area contributed by atoms with Gasteiger partial charge in [-0.1, -0.05) is 20.8 Å². The predicted molar refractivity (Wildman–Crippen MR) is 73.6 cm³/mol. The highest BCUT2D eigenvalue weighted by molar-refractivity contribution is 5.97. The molecule has 3 unspecified atom stereocenters. The van der Waals surface area contributed by atoms with Crippen LogP contribution in [0.15, 0.2) is 0 Å². The summed E-state index contributed by atoms with van der Waals surface area (Å²) in [4.78, 5) is 26.4. The molecule has 5 nitrogen and oxygen atoms in total. The normalized spacial score (nSPS) is 25.7. The van der Waals surface area contributed by atoms with E-state index in [4.69, 9.17) is 4.74 Å². The number of carbonyl (C=O) groups excluding carboxylic acids is 2. The number of hydrogen-bond donors (Lipinski definition) is 1. The molecular weight excluding hydrogens is 244 g/mol. The van der Waals surface area contributed by atoms with Crippen molar-refractivity contribution >= 4 is 11.8 Å². The Morgan fingerprint density at radius 1 is 1.32 bits per heavy atom. The number of methoxy groups -OCH3 is 1. The first-order valence-electron chi connectivity index (χ1n) is 7.03. The Morgan fingerprint density at radius 3 is 2.42 bits per heavy atom. The second-order valence-electron chi connectivity index (χ2n) is 5.66. The van der Waals surface area contributed by atoms with Crippen LogP contribution in [0.1, 0.15) is 40.5 Å². The lowest BCUT2D eigenvalue weighted by Crippen LogP contribution is -2.65. The SMILES string of the molecule is CCC1C(=O)NC(CC(C)C)C(=O)N1C(C)COC. The van der Waals surface area contributed by atoms with Gasteiger partial charge in [-0.15, -0.1) is 0 Å². The molecule has 2 amide bonds. The zero-order valence-corrected chi connectivity index (χ0v) is 12.6. The van der Waals surface area contributed by atoms with Crippen molar-refractivity contribution < 1.29 is 14.3 Å². The minimum atomic E-state index is -0.394. The molecule has 1 fully saturated rings. The van der Waals surface area contributed by atoms with Crippen molar-refractivity contribution in [2.24, 2.45) is 5.92 Å². The molecule has 1 rings (SSSR count). The molecule has 19 heavy (non-hydrogen) atoms. The Kier molecular flexibility index (Phi) is 5.79. The van der Waals surface area contributed by atoms with Gasteiger partial charge in [0.1, 0.15) is 12.1 Å². The largest absolute Gasteiger partial charge is 0.383 e. The summed E-state index contributed by atoms with van der Waals surface area (Å²) in [5.74, 6) is 0.340. The summed E-state index contributed by atoms with van der Waals surface area (Å²) in [6, 6.07) is -0.848. The van der Waals surface area contributed by atoms with E-state index in [1.807, 2.05) is 27.7 Å². The van der Waals surface area contributed by atoms with Gasteiger partial charge in [-0.05, 0) is 25.7 Å². The monoisotopic (exact) mass is 270 g/mol. The number of nitrogens with one attached hydrogen (secondary N) is 1. The molecule has 5 heteroatoms. The minimum Gasteiger partial charge on any atom is -0.383 e. The molecule has 110 valence electrons. The first-order chi connectivity index (χ1) is 8.92. The first-order valence-corrected chi connectivity index (χ1v) is 7.03. The van der Waals surface area contributed by atoms with Crippen LogP contribution in [0.4, 0.5) is 0 Å². The Morgan fingerprint density at radius 2 is 1.95 bits per heavy atom. The smallest absolute Gasteiger partial charge is 0.246 e. The fraction of sp³-hybridized carbons (Fsp3) is 0.857. The van der Waals surface area contributed by atoms with Crippen LogP contribution in [0.3, 0.4) is 0 Å². The van der Waals surface area contributed by atoms with E-state index in [0.29, 0.717) is 25.4 Å². The number of hydrogen-bond acceptors (Lipinski definition) is 3. The van der Waals surface area contributed by atoms with Crippen LogP contribution >= 0.6 is 0 Å². The van der Waals surface area contributed by atoms with Gasteiger partial charge in [0.15, 0.2) is 0 Å². The fourth-order valence-corrected chi connectivity index (χ4v) is 2.65. The lowest BCUT2D eigenvalue weighted by atomic mass is 9.96. The molecule has 0 aliphatic carbocycles. The van der Waals surface area contributed by atoms with Crippen LogP contribution in [0, 0.1) is 5.92 Å². The number of ether oxygens (including phenoxy) is 1. The zero-order chi connectivity index (χ0) is 14.6. The molecule has 0 aromatic rings. The van der Waals surface area contributed by atoms with E-state index in [0.717, 1.165) is 0 Å². The van der Waals surface area contributed by atoms with E-state index in [-0.39, 0.29) is 23.9 Å². The predicted octanol–water partition coefficient (Wildman–Crippen LogP) is 1.17. The van der Waals surface area contributed by atoms with Gasteiger partial charge in [-0.2, -0.15) is 0 Å². The minimum absolute atomic E-state index is 0.0182. The van der Waals surface area contributed by atoms with E-state index in [1.165, 1.54) is 0 Å². The maximum Gasteiger partial charge on any atom is 0.246 e. The van der Waals surface area contributed by atoms with Gasteiger partial charge < -0.3 is 15.0 Å². The van der Waals surface area contributed by atoms with Crippen molar-refractivity contribution in [2.45, 2.75) is 58.7 Å². The van der Waals surface area contributed by atoms with Crippen molar-refractivity contribution in [3.8, 4) is 0 Å². The number of amides is 2.